The Bertz CT molecular complexity index is 580. The summed E-state index contributed by atoms with van der Waals surface area (Å²) in [5, 5.41) is 9.92. The van der Waals surface area contributed by atoms with Gasteiger partial charge < -0.3 is 10.0 Å². The number of thiazole rings is 1. The van der Waals surface area contributed by atoms with Gasteiger partial charge in [-0.15, -0.1) is 0 Å². The Kier molecular flexibility index (Phi) is 3.84. The van der Waals surface area contributed by atoms with Crippen molar-refractivity contribution in [3.63, 3.8) is 0 Å². The molecule has 0 saturated carbocycles. The van der Waals surface area contributed by atoms with Crippen LogP contribution >= 0.6 is 11.3 Å². The molecule has 1 aliphatic rings. The Morgan fingerprint density at radius 1 is 1.25 bits per heavy atom. The number of carbonyl (C=O) groups is 1. The summed E-state index contributed by atoms with van der Waals surface area (Å²) >= 11 is 1.71. The number of aliphatic carboxylic acids is 1. The largest absolute Gasteiger partial charge is 0.480 e. The maximum absolute atomic E-state index is 10.8. The SMILES string of the molecule is O=C(O)CN1CCCN(c2nc3ccccc3s2)CC1. The molecule has 1 fully saturated rings. The van der Waals surface area contributed by atoms with Gasteiger partial charge in [-0.3, -0.25) is 9.69 Å². The molecule has 0 spiro atoms. The van der Waals surface area contributed by atoms with Crippen molar-refractivity contribution in [1.82, 2.24) is 9.88 Å². The van der Waals surface area contributed by atoms with E-state index < -0.39 is 5.97 Å². The molecular formula is C14H17N3O2S. The van der Waals surface area contributed by atoms with Crippen molar-refractivity contribution in [1.29, 1.82) is 0 Å². The fourth-order valence-electron chi connectivity index (χ4n) is 2.51. The summed E-state index contributed by atoms with van der Waals surface area (Å²) in [7, 11) is 0. The number of para-hydroxylation sites is 1. The minimum atomic E-state index is -0.751. The fourth-order valence-corrected chi connectivity index (χ4v) is 3.52. The molecule has 5 nitrogen and oxygen atoms in total. The minimum absolute atomic E-state index is 0.133. The van der Waals surface area contributed by atoms with E-state index >= 15 is 0 Å². The summed E-state index contributed by atoms with van der Waals surface area (Å²) in [4.78, 5) is 19.7. The second-order valence-electron chi connectivity index (χ2n) is 4.97. The van der Waals surface area contributed by atoms with Crippen LogP contribution in [0.3, 0.4) is 0 Å². The van der Waals surface area contributed by atoms with E-state index in [0.717, 1.165) is 43.2 Å². The fraction of sp³-hybridized carbons (Fsp3) is 0.429. The van der Waals surface area contributed by atoms with Crippen molar-refractivity contribution in [2.24, 2.45) is 0 Å². The summed E-state index contributed by atoms with van der Waals surface area (Å²) in [6.45, 7) is 3.53. The van der Waals surface area contributed by atoms with Gasteiger partial charge in [-0.2, -0.15) is 0 Å². The van der Waals surface area contributed by atoms with Gasteiger partial charge in [-0.05, 0) is 18.6 Å². The molecular weight excluding hydrogens is 274 g/mol. The highest BCUT2D eigenvalue weighted by atomic mass is 32.1. The molecule has 106 valence electrons. The molecule has 1 N–H and O–H groups in total. The van der Waals surface area contributed by atoms with Crippen LogP contribution < -0.4 is 4.90 Å². The summed E-state index contributed by atoms with van der Waals surface area (Å²) in [6.07, 6.45) is 0.975. The molecule has 3 rings (SSSR count). The number of benzene rings is 1. The first-order valence-corrected chi connectivity index (χ1v) is 7.59. The molecule has 2 aromatic rings. The lowest BCUT2D eigenvalue weighted by Gasteiger charge is -2.20. The summed E-state index contributed by atoms with van der Waals surface area (Å²) in [5.74, 6) is -0.751. The predicted octanol–water partition coefficient (Wildman–Crippen LogP) is 1.89. The van der Waals surface area contributed by atoms with Crippen LogP contribution in [0.15, 0.2) is 24.3 Å². The zero-order chi connectivity index (χ0) is 13.9. The number of carboxylic acids is 1. The highest BCUT2D eigenvalue weighted by Crippen LogP contribution is 2.29. The average Bonchev–Trinajstić information content (AvgIpc) is 2.72. The lowest BCUT2D eigenvalue weighted by molar-refractivity contribution is -0.138. The van der Waals surface area contributed by atoms with E-state index in [2.05, 4.69) is 16.0 Å². The predicted molar refractivity (Wildman–Crippen MR) is 80.5 cm³/mol. The van der Waals surface area contributed by atoms with Crippen molar-refractivity contribution < 1.29 is 9.90 Å². The molecule has 0 unspecified atom stereocenters. The number of rotatable bonds is 3. The normalized spacial score (nSPS) is 17.3. The van der Waals surface area contributed by atoms with Crippen LogP contribution in [0.5, 0.6) is 0 Å². The monoisotopic (exact) mass is 291 g/mol. The second kappa shape index (κ2) is 5.76. The Hall–Kier alpha value is -1.66. The van der Waals surface area contributed by atoms with Crippen molar-refractivity contribution in [2.45, 2.75) is 6.42 Å². The summed E-state index contributed by atoms with van der Waals surface area (Å²) in [5.41, 5.74) is 1.04. The minimum Gasteiger partial charge on any atom is -0.480 e. The summed E-state index contributed by atoms with van der Waals surface area (Å²) < 4.78 is 1.20. The third-order valence-corrected chi connectivity index (χ3v) is 4.60. The smallest absolute Gasteiger partial charge is 0.317 e. The van der Waals surface area contributed by atoms with Gasteiger partial charge in [0.05, 0.1) is 16.8 Å². The van der Waals surface area contributed by atoms with Gasteiger partial charge >= 0.3 is 5.97 Å². The molecule has 2 heterocycles. The van der Waals surface area contributed by atoms with Crippen molar-refractivity contribution in [2.75, 3.05) is 37.6 Å². The number of aromatic nitrogens is 1. The highest BCUT2D eigenvalue weighted by Gasteiger charge is 2.19. The topological polar surface area (TPSA) is 56.7 Å². The van der Waals surface area contributed by atoms with Crippen LogP contribution in [-0.2, 0) is 4.79 Å². The van der Waals surface area contributed by atoms with Crippen LogP contribution in [0.4, 0.5) is 5.13 Å². The van der Waals surface area contributed by atoms with E-state index in [1.807, 2.05) is 23.1 Å². The van der Waals surface area contributed by atoms with Crippen LogP contribution in [0.1, 0.15) is 6.42 Å². The van der Waals surface area contributed by atoms with E-state index in [1.165, 1.54) is 4.70 Å². The quantitative estimate of drug-likeness (QED) is 0.936. The van der Waals surface area contributed by atoms with Crippen LogP contribution in [0.25, 0.3) is 10.2 Å². The highest BCUT2D eigenvalue weighted by molar-refractivity contribution is 7.22. The first-order chi connectivity index (χ1) is 9.72. The van der Waals surface area contributed by atoms with E-state index in [1.54, 1.807) is 11.3 Å². The third kappa shape index (κ3) is 2.91. The lowest BCUT2D eigenvalue weighted by Crippen LogP contribution is -2.34. The van der Waals surface area contributed by atoms with Gasteiger partial charge in [0, 0.05) is 26.2 Å². The molecule has 0 amide bonds. The average molecular weight is 291 g/mol. The molecule has 1 aromatic carbocycles. The zero-order valence-corrected chi connectivity index (χ0v) is 12.0. The van der Waals surface area contributed by atoms with Gasteiger partial charge in [0.25, 0.3) is 0 Å². The molecule has 6 heteroatoms. The first kappa shape index (κ1) is 13.3. The molecule has 0 aliphatic carbocycles. The van der Waals surface area contributed by atoms with Crippen LogP contribution in [0, 0.1) is 0 Å². The van der Waals surface area contributed by atoms with E-state index in [9.17, 15) is 4.79 Å². The molecule has 1 saturated heterocycles. The molecule has 0 bridgehead atoms. The Morgan fingerprint density at radius 3 is 2.90 bits per heavy atom. The standard InChI is InChI=1S/C14H17N3O2S/c18-13(19)10-16-6-3-7-17(9-8-16)14-15-11-4-1-2-5-12(11)20-14/h1-2,4-5H,3,6-10H2,(H,18,19). The second-order valence-corrected chi connectivity index (χ2v) is 5.98. The van der Waals surface area contributed by atoms with Crippen LogP contribution in [0.2, 0.25) is 0 Å². The van der Waals surface area contributed by atoms with Crippen molar-refractivity contribution in [3.05, 3.63) is 24.3 Å². The van der Waals surface area contributed by atoms with Gasteiger partial charge in [-0.1, -0.05) is 23.5 Å². The molecule has 20 heavy (non-hydrogen) atoms. The maximum Gasteiger partial charge on any atom is 0.317 e. The maximum atomic E-state index is 10.8. The number of hydrogen-bond donors (Lipinski definition) is 1. The van der Waals surface area contributed by atoms with Gasteiger partial charge in [0.2, 0.25) is 0 Å². The molecule has 0 radical (unpaired) electrons. The first-order valence-electron chi connectivity index (χ1n) is 6.77. The summed E-state index contributed by atoms with van der Waals surface area (Å²) in [6, 6.07) is 8.15. The number of anilines is 1. The number of hydrogen-bond acceptors (Lipinski definition) is 5. The third-order valence-electron chi connectivity index (χ3n) is 3.50. The van der Waals surface area contributed by atoms with E-state index in [0.29, 0.717) is 0 Å². The van der Waals surface area contributed by atoms with Gasteiger partial charge in [0.15, 0.2) is 5.13 Å². The van der Waals surface area contributed by atoms with Gasteiger partial charge in [0.1, 0.15) is 0 Å². The number of nitrogens with zero attached hydrogens (tertiary/aromatic N) is 3. The molecule has 1 aromatic heterocycles. The lowest BCUT2D eigenvalue weighted by atomic mass is 10.3. The molecule has 1 aliphatic heterocycles. The Morgan fingerprint density at radius 2 is 2.10 bits per heavy atom. The Balaban J connectivity index is 1.72. The number of carboxylic acid groups (broad SMARTS) is 1. The van der Waals surface area contributed by atoms with Gasteiger partial charge in [-0.25, -0.2) is 4.98 Å². The number of fused-ring (bicyclic) bond motifs is 1. The molecule has 0 atom stereocenters. The van der Waals surface area contributed by atoms with E-state index in [4.69, 9.17) is 5.11 Å². The zero-order valence-electron chi connectivity index (χ0n) is 11.2. The van der Waals surface area contributed by atoms with Crippen molar-refractivity contribution >= 4 is 32.7 Å². The van der Waals surface area contributed by atoms with Crippen molar-refractivity contribution in [3.8, 4) is 0 Å². The van der Waals surface area contributed by atoms with Crippen LogP contribution in [-0.4, -0.2) is 53.7 Å². The Labute approximate surface area is 121 Å². The van der Waals surface area contributed by atoms with E-state index in [-0.39, 0.29) is 6.54 Å².